The van der Waals surface area contributed by atoms with Crippen molar-refractivity contribution in [3.8, 4) is 5.75 Å². The van der Waals surface area contributed by atoms with Gasteiger partial charge in [0.15, 0.2) is 0 Å². The van der Waals surface area contributed by atoms with Crippen molar-refractivity contribution in [2.45, 2.75) is 44.2 Å². The number of carboxylic acid groups (broad SMARTS) is 1. The van der Waals surface area contributed by atoms with Gasteiger partial charge in [-0.1, -0.05) is 0 Å². The Balaban J connectivity index is 2.05. The fourth-order valence-corrected chi connectivity index (χ4v) is 3.08. The third-order valence-corrected chi connectivity index (χ3v) is 4.47. The molecule has 1 aromatic rings. The first-order valence-corrected chi connectivity index (χ1v) is 7.63. The van der Waals surface area contributed by atoms with E-state index in [9.17, 15) is 9.59 Å². The van der Waals surface area contributed by atoms with Gasteiger partial charge in [0.1, 0.15) is 11.4 Å². The molecule has 1 aliphatic carbocycles. The summed E-state index contributed by atoms with van der Waals surface area (Å²) in [5, 5.41) is 11.2. The summed E-state index contributed by atoms with van der Waals surface area (Å²) in [5.74, 6) is 0.533. The van der Waals surface area contributed by atoms with Crippen molar-refractivity contribution in [3.05, 3.63) is 27.1 Å². The highest BCUT2D eigenvalue weighted by Crippen LogP contribution is 2.35. The second kappa shape index (κ2) is 6.09. The lowest BCUT2D eigenvalue weighted by atomic mass is 9.83. The predicted molar refractivity (Wildman–Crippen MR) is 81.8 cm³/mol. The van der Waals surface area contributed by atoms with E-state index >= 15 is 0 Å². The van der Waals surface area contributed by atoms with E-state index in [1.165, 1.54) is 10.6 Å². The largest absolute Gasteiger partial charge is 0.486 e. The SMILES string of the molecule is Cn1cc(Br)c(O[C@]2(C)CC[C@@H](NC(=O)O)CC2)cc1=O. The lowest BCUT2D eigenvalue weighted by molar-refractivity contribution is 0.0383. The van der Waals surface area contributed by atoms with Gasteiger partial charge in [-0.15, -0.1) is 0 Å². The summed E-state index contributed by atoms with van der Waals surface area (Å²) in [6, 6.07) is 1.45. The summed E-state index contributed by atoms with van der Waals surface area (Å²) >= 11 is 3.40. The summed E-state index contributed by atoms with van der Waals surface area (Å²) in [4.78, 5) is 22.3. The van der Waals surface area contributed by atoms with Crippen LogP contribution in [0.25, 0.3) is 0 Å². The zero-order chi connectivity index (χ0) is 15.6. The zero-order valence-electron chi connectivity index (χ0n) is 12.1. The Kier molecular flexibility index (Phi) is 4.61. The maximum Gasteiger partial charge on any atom is 0.404 e. The van der Waals surface area contributed by atoms with Crippen molar-refractivity contribution in [3.63, 3.8) is 0 Å². The molecule has 1 amide bonds. The second-order valence-electron chi connectivity index (χ2n) is 5.71. The molecule has 7 heteroatoms. The quantitative estimate of drug-likeness (QED) is 0.869. The first-order chi connectivity index (χ1) is 9.79. The minimum absolute atomic E-state index is 0.0220. The van der Waals surface area contributed by atoms with E-state index in [1.54, 1.807) is 13.2 Å². The Morgan fingerprint density at radius 1 is 1.52 bits per heavy atom. The van der Waals surface area contributed by atoms with Crippen molar-refractivity contribution < 1.29 is 14.6 Å². The molecule has 1 heterocycles. The maximum atomic E-state index is 11.7. The van der Waals surface area contributed by atoms with E-state index in [-0.39, 0.29) is 17.2 Å². The number of aryl methyl sites for hydroxylation is 1. The van der Waals surface area contributed by atoms with Crippen LogP contribution in [0.4, 0.5) is 4.79 Å². The topological polar surface area (TPSA) is 80.6 Å². The molecule has 0 spiro atoms. The molecular formula is C14H19BrN2O4. The Morgan fingerprint density at radius 2 is 2.14 bits per heavy atom. The van der Waals surface area contributed by atoms with E-state index in [4.69, 9.17) is 9.84 Å². The van der Waals surface area contributed by atoms with Crippen LogP contribution in [-0.2, 0) is 7.05 Å². The molecule has 0 saturated heterocycles. The van der Waals surface area contributed by atoms with E-state index in [0.717, 1.165) is 30.2 Å². The number of aromatic nitrogens is 1. The number of carbonyl (C=O) groups is 1. The van der Waals surface area contributed by atoms with Crippen LogP contribution in [0.3, 0.4) is 0 Å². The minimum Gasteiger partial charge on any atom is -0.486 e. The fraction of sp³-hybridized carbons (Fsp3) is 0.571. The highest BCUT2D eigenvalue weighted by atomic mass is 79.9. The highest BCUT2D eigenvalue weighted by molar-refractivity contribution is 9.10. The Hall–Kier alpha value is -1.50. The number of halogens is 1. The van der Waals surface area contributed by atoms with E-state index < -0.39 is 6.09 Å². The Labute approximate surface area is 131 Å². The molecule has 0 atom stereocenters. The smallest absolute Gasteiger partial charge is 0.404 e. The van der Waals surface area contributed by atoms with Crippen LogP contribution in [-0.4, -0.2) is 27.4 Å². The van der Waals surface area contributed by atoms with Gasteiger partial charge in [0.2, 0.25) is 0 Å². The van der Waals surface area contributed by atoms with Crippen LogP contribution in [0.2, 0.25) is 0 Å². The van der Waals surface area contributed by atoms with Gasteiger partial charge in [0, 0.05) is 25.4 Å². The van der Waals surface area contributed by atoms with Gasteiger partial charge in [-0.3, -0.25) is 4.79 Å². The van der Waals surface area contributed by atoms with Crippen LogP contribution in [0.15, 0.2) is 21.5 Å². The van der Waals surface area contributed by atoms with Crippen molar-refractivity contribution in [2.75, 3.05) is 0 Å². The van der Waals surface area contributed by atoms with Crippen LogP contribution >= 0.6 is 15.9 Å². The molecule has 1 fully saturated rings. The van der Waals surface area contributed by atoms with Gasteiger partial charge in [-0.05, 0) is 48.5 Å². The lowest BCUT2D eigenvalue weighted by Gasteiger charge is -2.37. The average molecular weight is 359 g/mol. The standard InChI is InChI=1S/C14H19BrN2O4/c1-14(5-3-9(4-6-14)16-13(19)20)21-11-7-12(18)17(2)8-10(11)15/h7-9,16H,3-6H2,1-2H3,(H,19,20)/t9-,14-. The molecule has 1 aromatic heterocycles. The monoisotopic (exact) mass is 358 g/mol. The lowest BCUT2D eigenvalue weighted by Crippen LogP contribution is -2.44. The van der Waals surface area contributed by atoms with E-state index in [1.807, 2.05) is 6.92 Å². The minimum atomic E-state index is -0.987. The summed E-state index contributed by atoms with van der Waals surface area (Å²) in [6.07, 6.45) is 3.62. The van der Waals surface area contributed by atoms with Crippen LogP contribution in [0, 0.1) is 0 Å². The molecule has 0 aromatic carbocycles. The van der Waals surface area contributed by atoms with E-state index in [0.29, 0.717) is 5.75 Å². The third-order valence-electron chi connectivity index (χ3n) is 3.87. The molecule has 0 bridgehead atoms. The van der Waals surface area contributed by atoms with Gasteiger partial charge in [-0.25, -0.2) is 4.79 Å². The summed E-state index contributed by atoms with van der Waals surface area (Å²) in [7, 11) is 1.68. The number of nitrogens with zero attached hydrogens (tertiary/aromatic N) is 1. The number of ether oxygens (including phenoxy) is 1. The maximum absolute atomic E-state index is 11.7. The van der Waals surface area contributed by atoms with Crippen LogP contribution < -0.4 is 15.6 Å². The van der Waals surface area contributed by atoms with Crippen molar-refractivity contribution in [1.82, 2.24) is 9.88 Å². The van der Waals surface area contributed by atoms with Crippen molar-refractivity contribution >= 4 is 22.0 Å². The summed E-state index contributed by atoms with van der Waals surface area (Å²) in [5.41, 5.74) is -0.510. The average Bonchev–Trinajstić information content (AvgIpc) is 2.38. The summed E-state index contributed by atoms with van der Waals surface area (Å²) in [6.45, 7) is 1.99. The molecule has 21 heavy (non-hydrogen) atoms. The molecule has 0 aliphatic heterocycles. The van der Waals surface area contributed by atoms with Gasteiger partial charge >= 0.3 is 6.09 Å². The van der Waals surface area contributed by atoms with Crippen LogP contribution in [0.5, 0.6) is 5.75 Å². The molecular weight excluding hydrogens is 340 g/mol. The molecule has 1 aliphatic rings. The first-order valence-electron chi connectivity index (χ1n) is 6.84. The second-order valence-corrected chi connectivity index (χ2v) is 6.56. The molecule has 116 valence electrons. The Morgan fingerprint density at radius 3 is 2.71 bits per heavy atom. The number of hydrogen-bond donors (Lipinski definition) is 2. The third kappa shape index (κ3) is 4.00. The van der Waals surface area contributed by atoms with Gasteiger partial charge in [-0.2, -0.15) is 0 Å². The molecule has 6 nitrogen and oxygen atoms in total. The summed E-state index contributed by atoms with van der Waals surface area (Å²) < 4.78 is 8.24. The molecule has 0 unspecified atom stereocenters. The van der Waals surface area contributed by atoms with E-state index in [2.05, 4.69) is 21.2 Å². The van der Waals surface area contributed by atoms with Crippen LogP contribution in [0.1, 0.15) is 32.6 Å². The highest BCUT2D eigenvalue weighted by Gasteiger charge is 2.34. The zero-order valence-corrected chi connectivity index (χ0v) is 13.6. The molecule has 0 radical (unpaired) electrons. The number of amides is 1. The fourth-order valence-electron chi connectivity index (χ4n) is 2.57. The van der Waals surface area contributed by atoms with Crippen molar-refractivity contribution in [1.29, 1.82) is 0 Å². The molecule has 2 N–H and O–H groups in total. The van der Waals surface area contributed by atoms with Gasteiger partial charge < -0.3 is 19.7 Å². The number of pyridine rings is 1. The Bertz CT molecular complexity index is 591. The molecule has 2 rings (SSSR count). The van der Waals surface area contributed by atoms with Gasteiger partial charge in [0.25, 0.3) is 5.56 Å². The van der Waals surface area contributed by atoms with Gasteiger partial charge in [0.05, 0.1) is 4.47 Å². The number of nitrogens with one attached hydrogen (secondary N) is 1. The first kappa shape index (κ1) is 15.9. The predicted octanol–water partition coefficient (Wildman–Crippen LogP) is 2.50. The van der Waals surface area contributed by atoms with Crippen molar-refractivity contribution in [2.24, 2.45) is 7.05 Å². The normalized spacial score (nSPS) is 25.4. The number of hydrogen-bond acceptors (Lipinski definition) is 3. The number of rotatable bonds is 3. The molecule has 1 saturated carbocycles.